The third-order valence-electron chi connectivity index (χ3n) is 3.57. The topological polar surface area (TPSA) is 48.1 Å². The fraction of sp³-hybridized carbons (Fsp3) is 0.158. The quantitative estimate of drug-likeness (QED) is 0.451. The number of hydrogen-bond acceptors (Lipinski definition) is 6. The number of thiazole rings is 1. The van der Waals surface area contributed by atoms with Crippen molar-refractivity contribution in [3.63, 3.8) is 0 Å². The Bertz CT molecular complexity index is 969. The molecule has 0 aliphatic heterocycles. The molecule has 0 unspecified atom stereocenters. The molecule has 0 saturated carbocycles. The molecule has 0 N–H and O–H groups in total. The molecule has 1 aromatic carbocycles. The Morgan fingerprint density at radius 2 is 2.08 bits per heavy atom. The second kappa shape index (κ2) is 8.64. The molecule has 0 aliphatic rings. The van der Waals surface area contributed by atoms with E-state index in [1.54, 1.807) is 31.6 Å². The number of benzene rings is 1. The zero-order valence-corrected chi connectivity index (χ0v) is 16.2. The zero-order chi connectivity index (χ0) is 18.4. The number of hydrogen-bond donors (Lipinski definition) is 0. The molecule has 5 nitrogen and oxygen atoms in total. The van der Waals surface area contributed by atoms with Crippen molar-refractivity contribution < 1.29 is 9.47 Å². The Balaban J connectivity index is 2.16. The van der Waals surface area contributed by atoms with Crippen molar-refractivity contribution in [3.8, 4) is 22.8 Å². The number of rotatable bonds is 7. The fourth-order valence-corrected chi connectivity index (χ4v) is 3.76. The Labute approximate surface area is 160 Å². The standard InChI is InChI=1S/C19H19N3O2S2/c1-4-9-20-19-22(21-12-15-6-5-10-25-15)17(13-26-19)16-11-14(23-2)7-8-18(16)24-3/h4-8,10-13H,1,9H2,2-3H3. The second-order valence-corrected chi connectivity index (χ2v) is 6.99. The molecule has 0 aliphatic carbocycles. The monoisotopic (exact) mass is 385 g/mol. The third-order valence-corrected chi connectivity index (χ3v) is 5.23. The lowest BCUT2D eigenvalue weighted by atomic mass is 10.1. The van der Waals surface area contributed by atoms with Crippen molar-refractivity contribution in [1.29, 1.82) is 0 Å². The molecule has 3 rings (SSSR count). The fourth-order valence-electron chi connectivity index (χ4n) is 2.34. The van der Waals surface area contributed by atoms with Gasteiger partial charge >= 0.3 is 0 Å². The van der Waals surface area contributed by atoms with Gasteiger partial charge in [0.05, 0.1) is 32.7 Å². The van der Waals surface area contributed by atoms with Crippen LogP contribution in [0.1, 0.15) is 4.88 Å². The predicted molar refractivity (Wildman–Crippen MR) is 109 cm³/mol. The van der Waals surface area contributed by atoms with Crippen LogP contribution in [0.15, 0.2) is 63.8 Å². The summed E-state index contributed by atoms with van der Waals surface area (Å²) in [5.41, 5.74) is 1.79. The van der Waals surface area contributed by atoms with Crippen LogP contribution in [0.25, 0.3) is 11.3 Å². The Kier molecular flexibility index (Phi) is 6.04. The van der Waals surface area contributed by atoms with Gasteiger partial charge in [0.15, 0.2) is 0 Å². The summed E-state index contributed by atoms with van der Waals surface area (Å²) < 4.78 is 12.7. The largest absolute Gasteiger partial charge is 0.497 e. The number of aromatic nitrogens is 1. The van der Waals surface area contributed by atoms with Gasteiger partial charge < -0.3 is 9.47 Å². The van der Waals surface area contributed by atoms with E-state index >= 15 is 0 Å². The highest BCUT2D eigenvalue weighted by atomic mass is 32.1. The molecule has 2 heterocycles. The Morgan fingerprint density at radius 1 is 1.19 bits per heavy atom. The molecule has 134 valence electrons. The first-order valence-corrected chi connectivity index (χ1v) is 9.65. The summed E-state index contributed by atoms with van der Waals surface area (Å²) in [7, 11) is 3.30. The van der Waals surface area contributed by atoms with Crippen molar-refractivity contribution in [1.82, 2.24) is 4.68 Å². The number of thiophene rings is 1. The molecular weight excluding hydrogens is 366 g/mol. The van der Waals surface area contributed by atoms with Gasteiger partial charge in [-0.1, -0.05) is 12.1 Å². The predicted octanol–water partition coefficient (Wildman–Crippen LogP) is 4.26. The highest BCUT2D eigenvalue weighted by molar-refractivity contribution is 7.11. The van der Waals surface area contributed by atoms with Crippen molar-refractivity contribution in [2.75, 3.05) is 20.8 Å². The summed E-state index contributed by atoms with van der Waals surface area (Å²) in [5.74, 6) is 1.50. The summed E-state index contributed by atoms with van der Waals surface area (Å²) in [4.78, 5) is 6.41. The maximum Gasteiger partial charge on any atom is 0.206 e. The summed E-state index contributed by atoms with van der Waals surface area (Å²) in [6, 6.07) is 9.72. The molecular formula is C19H19N3O2S2. The maximum atomic E-state index is 5.53. The van der Waals surface area contributed by atoms with Gasteiger partial charge in [0, 0.05) is 15.8 Å². The van der Waals surface area contributed by atoms with E-state index in [2.05, 4.69) is 16.7 Å². The average molecular weight is 386 g/mol. The van der Waals surface area contributed by atoms with Gasteiger partial charge in [-0.15, -0.1) is 29.3 Å². The molecule has 0 fully saturated rings. The minimum atomic E-state index is 0.531. The van der Waals surface area contributed by atoms with Crippen molar-refractivity contribution >= 4 is 28.9 Å². The van der Waals surface area contributed by atoms with Crippen molar-refractivity contribution in [3.05, 3.63) is 63.4 Å². The summed E-state index contributed by atoms with van der Waals surface area (Å²) in [6.07, 6.45) is 3.60. The third kappa shape index (κ3) is 3.95. The van der Waals surface area contributed by atoms with Crippen LogP contribution >= 0.6 is 22.7 Å². The average Bonchev–Trinajstić information content (AvgIpc) is 3.33. The molecule has 0 atom stereocenters. The molecule has 0 bridgehead atoms. The second-order valence-electron chi connectivity index (χ2n) is 5.17. The highest BCUT2D eigenvalue weighted by Crippen LogP contribution is 2.33. The van der Waals surface area contributed by atoms with Crippen LogP contribution in [0.3, 0.4) is 0 Å². The first kappa shape index (κ1) is 18.2. The first-order valence-electron chi connectivity index (χ1n) is 7.89. The summed E-state index contributed by atoms with van der Waals surface area (Å²) in [6.45, 7) is 4.27. The molecule has 0 spiro atoms. The van der Waals surface area contributed by atoms with Gasteiger partial charge in [-0.05, 0) is 29.6 Å². The van der Waals surface area contributed by atoms with E-state index < -0.39 is 0 Å². The molecule has 7 heteroatoms. The van der Waals surface area contributed by atoms with Gasteiger partial charge in [0.25, 0.3) is 0 Å². The summed E-state index contributed by atoms with van der Waals surface area (Å²) >= 11 is 3.16. The molecule has 0 saturated heterocycles. The zero-order valence-electron chi connectivity index (χ0n) is 14.6. The van der Waals surface area contributed by atoms with Crippen LogP contribution in [0, 0.1) is 0 Å². The van der Waals surface area contributed by atoms with Gasteiger partial charge in [-0.25, -0.2) is 4.68 Å². The normalized spacial score (nSPS) is 11.8. The maximum absolute atomic E-state index is 5.53. The van der Waals surface area contributed by atoms with Gasteiger partial charge in [-0.2, -0.15) is 5.10 Å². The van der Waals surface area contributed by atoms with Crippen LogP contribution in [0.4, 0.5) is 0 Å². The van der Waals surface area contributed by atoms with E-state index in [1.165, 1.54) is 11.3 Å². The van der Waals surface area contributed by atoms with Crippen LogP contribution in [0.2, 0.25) is 0 Å². The Hall–Kier alpha value is -2.64. The molecule has 2 aromatic heterocycles. The number of nitrogens with zero attached hydrogens (tertiary/aromatic N) is 3. The van der Waals surface area contributed by atoms with Crippen LogP contribution in [-0.2, 0) is 0 Å². The van der Waals surface area contributed by atoms with E-state index in [0.717, 1.165) is 32.4 Å². The van der Waals surface area contributed by atoms with Gasteiger partial charge in [0.2, 0.25) is 4.80 Å². The van der Waals surface area contributed by atoms with Gasteiger partial charge in [-0.3, -0.25) is 4.99 Å². The number of methoxy groups -OCH3 is 2. The molecule has 0 radical (unpaired) electrons. The van der Waals surface area contributed by atoms with E-state index in [9.17, 15) is 0 Å². The van der Waals surface area contributed by atoms with E-state index in [-0.39, 0.29) is 0 Å². The van der Waals surface area contributed by atoms with E-state index in [4.69, 9.17) is 9.47 Å². The molecule has 3 aromatic rings. The van der Waals surface area contributed by atoms with Crippen LogP contribution in [0.5, 0.6) is 11.5 Å². The Morgan fingerprint density at radius 3 is 2.77 bits per heavy atom. The minimum Gasteiger partial charge on any atom is -0.497 e. The highest BCUT2D eigenvalue weighted by Gasteiger charge is 2.14. The smallest absolute Gasteiger partial charge is 0.206 e. The molecule has 0 amide bonds. The van der Waals surface area contributed by atoms with Crippen molar-refractivity contribution in [2.45, 2.75) is 0 Å². The van der Waals surface area contributed by atoms with Gasteiger partial charge in [0.1, 0.15) is 11.5 Å². The van der Waals surface area contributed by atoms with Crippen LogP contribution < -0.4 is 14.3 Å². The van der Waals surface area contributed by atoms with Crippen molar-refractivity contribution in [2.24, 2.45) is 10.1 Å². The lowest BCUT2D eigenvalue weighted by Gasteiger charge is -2.10. The first-order chi connectivity index (χ1) is 12.8. The van der Waals surface area contributed by atoms with E-state index in [0.29, 0.717) is 6.54 Å². The summed E-state index contributed by atoms with van der Waals surface area (Å²) in [5, 5.41) is 8.70. The lowest BCUT2D eigenvalue weighted by molar-refractivity contribution is 0.404. The minimum absolute atomic E-state index is 0.531. The molecule has 26 heavy (non-hydrogen) atoms. The van der Waals surface area contributed by atoms with Crippen LogP contribution in [-0.4, -0.2) is 31.7 Å². The lowest BCUT2D eigenvalue weighted by Crippen LogP contribution is -2.12. The SMILES string of the molecule is C=CCN=c1scc(-c2cc(OC)ccc2OC)n1N=Cc1cccs1. The number of ether oxygens (including phenoxy) is 2. The van der Waals surface area contributed by atoms with E-state index in [1.807, 2.05) is 52.0 Å².